The van der Waals surface area contributed by atoms with Gasteiger partial charge in [-0.2, -0.15) is 10.5 Å². The first-order chi connectivity index (χ1) is 13.8. The Morgan fingerprint density at radius 1 is 1.21 bits per heavy atom. The largest absolute Gasteiger partial charge is 0.491 e. The van der Waals surface area contributed by atoms with Crippen LogP contribution in [0.4, 0.5) is 4.79 Å². The molecule has 0 saturated carbocycles. The topological polar surface area (TPSA) is 110 Å². The number of hydrogen-bond acceptors (Lipinski definition) is 7. The number of fused-ring (bicyclic) bond motifs is 1. The molecule has 1 aromatic rings. The first-order valence-corrected chi connectivity index (χ1v) is 9.72. The Morgan fingerprint density at radius 2 is 1.83 bits per heavy atom. The van der Waals surface area contributed by atoms with Gasteiger partial charge in [-0.3, -0.25) is 4.90 Å². The van der Waals surface area contributed by atoms with Gasteiger partial charge in [-0.25, -0.2) is 4.79 Å². The maximum Gasteiger partial charge on any atom is 0.411 e. The summed E-state index contributed by atoms with van der Waals surface area (Å²) in [6, 6.07) is 10.8. The van der Waals surface area contributed by atoms with E-state index in [4.69, 9.17) is 20.0 Å². The summed E-state index contributed by atoms with van der Waals surface area (Å²) < 4.78 is 10.8. The highest BCUT2D eigenvalue weighted by molar-refractivity contribution is 5.69. The molecule has 2 aliphatic rings. The predicted octanol–water partition coefficient (Wildman–Crippen LogP) is 1.60. The lowest BCUT2D eigenvalue weighted by molar-refractivity contribution is 0.0456. The third-order valence-corrected chi connectivity index (χ3v) is 5.33. The van der Waals surface area contributed by atoms with E-state index in [2.05, 4.69) is 11.0 Å². The third kappa shape index (κ3) is 5.38. The molecule has 8 nitrogen and oxygen atoms in total. The Morgan fingerprint density at radius 3 is 2.38 bits per heavy atom. The number of hydrogen-bond donors (Lipinski definition) is 1. The van der Waals surface area contributed by atoms with Gasteiger partial charge in [0.1, 0.15) is 24.5 Å². The van der Waals surface area contributed by atoms with Gasteiger partial charge < -0.3 is 19.5 Å². The van der Waals surface area contributed by atoms with Crippen molar-refractivity contribution in [3.63, 3.8) is 0 Å². The van der Waals surface area contributed by atoms with E-state index in [1.807, 2.05) is 6.07 Å². The average molecular weight is 398 g/mol. The van der Waals surface area contributed by atoms with Gasteiger partial charge in [0.15, 0.2) is 5.60 Å². The molecule has 2 unspecified atom stereocenters. The lowest BCUT2D eigenvalue weighted by Crippen LogP contribution is -2.39. The van der Waals surface area contributed by atoms with E-state index in [0.29, 0.717) is 42.8 Å². The van der Waals surface area contributed by atoms with Crippen molar-refractivity contribution >= 4 is 6.09 Å². The molecule has 29 heavy (non-hydrogen) atoms. The van der Waals surface area contributed by atoms with Crippen molar-refractivity contribution < 1.29 is 19.4 Å². The molecule has 3 atom stereocenters. The zero-order chi connectivity index (χ0) is 21.0. The van der Waals surface area contributed by atoms with Gasteiger partial charge in [-0.05, 0) is 49.9 Å². The molecule has 0 aliphatic carbocycles. The Labute approximate surface area is 170 Å². The molecule has 0 bridgehead atoms. The van der Waals surface area contributed by atoms with Crippen molar-refractivity contribution in [3.8, 4) is 17.9 Å². The molecule has 2 saturated heterocycles. The van der Waals surface area contributed by atoms with Crippen LogP contribution in [0.15, 0.2) is 24.3 Å². The molecule has 2 heterocycles. The van der Waals surface area contributed by atoms with Crippen LogP contribution in [0.3, 0.4) is 0 Å². The normalized spacial score (nSPS) is 22.4. The number of carbonyl (C=O) groups excluding carboxylic acids is 1. The first-order valence-electron chi connectivity index (χ1n) is 9.72. The van der Waals surface area contributed by atoms with Crippen molar-refractivity contribution in [2.24, 2.45) is 11.8 Å². The zero-order valence-electron chi connectivity index (χ0n) is 16.7. The maximum atomic E-state index is 12.2. The molecule has 1 amide bonds. The van der Waals surface area contributed by atoms with Gasteiger partial charge in [0.25, 0.3) is 0 Å². The number of nitriles is 2. The Hall–Kier alpha value is -2.81. The van der Waals surface area contributed by atoms with Crippen molar-refractivity contribution in [2.75, 3.05) is 39.3 Å². The van der Waals surface area contributed by atoms with Gasteiger partial charge in [0.05, 0.1) is 11.6 Å². The van der Waals surface area contributed by atoms with Crippen LogP contribution in [0.25, 0.3) is 0 Å². The predicted molar refractivity (Wildman–Crippen MR) is 104 cm³/mol. The second-order valence-corrected chi connectivity index (χ2v) is 8.23. The van der Waals surface area contributed by atoms with Gasteiger partial charge >= 0.3 is 6.09 Å². The minimum absolute atomic E-state index is 0.180. The van der Waals surface area contributed by atoms with E-state index in [9.17, 15) is 9.90 Å². The molecule has 3 rings (SSSR count). The van der Waals surface area contributed by atoms with Crippen molar-refractivity contribution in [2.45, 2.75) is 25.6 Å². The van der Waals surface area contributed by atoms with Crippen molar-refractivity contribution in [1.82, 2.24) is 9.80 Å². The molecular formula is C21H26N4O4. The number of likely N-dealkylation sites (tertiary alicyclic amines) is 2. The Kier molecular flexibility index (Phi) is 6.26. The highest BCUT2D eigenvalue weighted by Crippen LogP contribution is 2.32. The van der Waals surface area contributed by atoms with Gasteiger partial charge in [0.2, 0.25) is 0 Å². The number of ether oxygens (including phenoxy) is 2. The fraction of sp³-hybridized carbons (Fsp3) is 0.571. The van der Waals surface area contributed by atoms with Crippen LogP contribution < -0.4 is 4.74 Å². The monoisotopic (exact) mass is 398 g/mol. The van der Waals surface area contributed by atoms with E-state index in [-0.39, 0.29) is 6.61 Å². The van der Waals surface area contributed by atoms with E-state index < -0.39 is 17.8 Å². The van der Waals surface area contributed by atoms with Crippen LogP contribution in [-0.2, 0) is 4.74 Å². The summed E-state index contributed by atoms with van der Waals surface area (Å²) in [6.45, 7) is 6.68. The van der Waals surface area contributed by atoms with Gasteiger partial charge in [0, 0.05) is 32.7 Å². The Bertz CT molecular complexity index is 797. The number of nitrogens with zero attached hydrogens (tertiary/aromatic N) is 4. The Balaban J connectivity index is 1.40. The lowest BCUT2D eigenvalue weighted by atomic mass is 10.0. The smallest absolute Gasteiger partial charge is 0.411 e. The second-order valence-electron chi connectivity index (χ2n) is 8.23. The van der Waals surface area contributed by atoms with E-state index in [0.717, 1.165) is 13.1 Å². The number of benzene rings is 1. The SMILES string of the molecule is CC(C)(C#N)OC(=O)N1CC2CN(C[C@H](O)COc3ccc(C#N)cc3)CC2C1. The van der Waals surface area contributed by atoms with Crippen LogP contribution in [0.5, 0.6) is 5.75 Å². The standard InChI is InChI=1S/C21H26N4O4/c1-21(2,14-23)29-20(27)25-10-16-8-24(9-17(16)11-25)12-18(26)13-28-19-5-3-15(7-22)4-6-19/h3-6,16-18,26H,8-13H2,1-2H3/t16?,17?,18-/m0/s1. The van der Waals surface area contributed by atoms with Crippen LogP contribution in [-0.4, -0.2) is 72.0 Å². The van der Waals surface area contributed by atoms with E-state index in [1.165, 1.54) is 0 Å². The summed E-state index contributed by atoms with van der Waals surface area (Å²) >= 11 is 0. The summed E-state index contributed by atoms with van der Waals surface area (Å²) in [4.78, 5) is 16.1. The van der Waals surface area contributed by atoms with Crippen LogP contribution in [0.1, 0.15) is 19.4 Å². The van der Waals surface area contributed by atoms with Crippen molar-refractivity contribution in [3.05, 3.63) is 29.8 Å². The number of rotatable bonds is 6. The van der Waals surface area contributed by atoms with Crippen molar-refractivity contribution in [1.29, 1.82) is 10.5 Å². The molecular weight excluding hydrogens is 372 g/mol. The minimum Gasteiger partial charge on any atom is -0.491 e. The molecule has 1 aromatic carbocycles. The van der Waals surface area contributed by atoms with E-state index >= 15 is 0 Å². The summed E-state index contributed by atoms with van der Waals surface area (Å²) in [7, 11) is 0. The summed E-state index contributed by atoms with van der Waals surface area (Å²) in [5, 5.41) is 28.1. The number of β-amino-alcohol motifs (C(OH)–C–C–N with tert-alkyl or cyclic N) is 1. The molecule has 0 radical (unpaired) electrons. The number of aliphatic hydroxyl groups excluding tert-OH is 1. The quantitative estimate of drug-likeness (QED) is 0.775. The lowest BCUT2D eigenvalue weighted by Gasteiger charge is -2.25. The number of aliphatic hydroxyl groups is 1. The molecule has 2 fully saturated rings. The highest BCUT2D eigenvalue weighted by atomic mass is 16.6. The van der Waals surface area contributed by atoms with E-state index in [1.54, 1.807) is 43.0 Å². The van der Waals surface area contributed by atoms with Gasteiger partial charge in [-0.1, -0.05) is 0 Å². The fourth-order valence-electron chi connectivity index (χ4n) is 3.86. The third-order valence-electron chi connectivity index (χ3n) is 5.33. The second kappa shape index (κ2) is 8.69. The summed E-state index contributed by atoms with van der Waals surface area (Å²) in [5.41, 5.74) is -0.560. The maximum absolute atomic E-state index is 12.2. The minimum atomic E-state index is -1.13. The average Bonchev–Trinajstić information content (AvgIpc) is 3.25. The molecule has 0 aromatic heterocycles. The van der Waals surface area contributed by atoms with Crippen LogP contribution in [0.2, 0.25) is 0 Å². The van der Waals surface area contributed by atoms with Crippen LogP contribution in [0, 0.1) is 34.5 Å². The molecule has 2 aliphatic heterocycles. The molecule has 0 spiro atoms. The summed E-state index contributed by atoms with van der Waals surface area (Å²) in [5.74, 6) is 1.31. The first kappa shape index (κ1) is 20.9. The zero-order valence-corrected chi connectivity index (χ0v) is 16.7. The number of amides is 1. The molecule has 154 valence electrons. The van der Waals surface area contributed by atoms with Gasteiger partial charge in [-0.15, -0.1) is 0 Å². The molecule has 1 N–H and O–H groups in total. The van der Waals surface area contributed by atoms with Crippen LogP contribution >= 0.6 is 0 Å². The fourth-order valence-corrected chi connectivity index (χ4v) is 3.86. The highest BCUT2D eigenvalue weighted by Gasteiger charge is 2.43. The molecule has 8 heteroatoms. The number of carbonyl (C=O) groups is 1. The summed E-state index contributed by atoms with van der Waals surface area (Å²) in [6.07, 6.45) is -1.06.